The molecule has 0 aliphatic carbocycles. The lowest BCUT2D eigenvalue weighted by Gasteiger charge is -2.11. The second-order valence-electron chi connectivity index (χ2n) is 5.08. The lowest BCUT2D eigenvalue weighted by Crippen LogP contribution is -2.01. The van der Waals surface area contributed by atoms with Gasteiger partial charge in [-0.05, 0) is 30.2 Å². The summed E-state index contributed by atoms with van der Waals surface area (Å²) in [7, 11) is 0. The van der Waals surface area contributed by atoms with Crippen molar-refractivity contribution in [1.82, 2.24) is 4.98 Å². The third-order valence-corrected chi connectivity index (χ3v) is 3.59. The molecule has 0 bridgehead atoms. The number of hydrogen-bond donors (Lipinski definition) is 1. The SMILES string of the molecule is Cc1ccc(CN)cc1OCc1cccc2cccnc12. The molecule has 1 aromatic heterocycles. The van der Waals surface area contributed by atoms with E-state index >= 15 is 0 Å². The van der Waals surface area contributed by atoms with Crippen LogP contribution in [0.3, 0.4) is 0 Å². The molecule has 3 nitrogen and oxygen atoms in total. The molecule has 0 saturated carbocycles. The van der Waals surface area contributed by atoms with Crippen LogP contribution in [0.5, 0.6) is 5.75 Å². The Labute approximate surface area is 124 Å². The van der Waals surface area contributed by atoms with E-state index in [4.69, 9.17) is 10.5 Å². The summed E-state index contributed by atoms with van der Waals surface area (Å²) in [5.74, 6) is 0.880. The van der Waals surface area contributed by atoms with Gasteiger partial charge in [0.15, 0.2) is 0 Å². The van der Waals surface area contributed by atoms with Gasteiger partial charge in [0.2, 0.25) is 0 Å². The van der Waals surface area contributed by atoms with Crippen LogP contribution in [0.2, 0.25) is 0 Å². The van der Waals surface area contributed by atoms with Crippen molar-refractivity contribution in [3.8, 4) is 5.75 Å². The average Bonchev–Trinajstić information content (AvgIpc) is 2.54. The van der Waals surface area contributed by atoms with E-state index in [0.29, 0.717) is 13.2 Å². The van der Waals surface area contributed by atoms with Crippen molar-refractivity contribution < 1.29 is 4.74 Å². The number of aryl methyl sites for hydroxylation is 1. The van der Waals surface area contributed by atoms with Crippen LogP contribution in [-0.2, 0) is 13.2 Å². The van der Waals surface area contributed by atoms with Crippen LogP contribution in [0.4, 0.5) is 0 Å². The summed E-state index contributed by atoms with van der Waals surface area (Å²) in [4.78, 5) is 4.45. The number of nitrogens with zero attached hydrogens (tertiary/aromatic N) is 1. The molecule has 2 N–H and O–H groups in total. The molecule has 0 aliphatic heterocycles. The highest BCUT2D eigenvalue weighted by Gasteiger charge is 2.05. The molecule has 0 atom stereocenters. The lowest BCUT2D eigenvalue weighted by molar-refractivity contribution is 0.305. The number of aromatic nitrogens is 1. The highest BCUT2D eigenvalue weighted by Crippen LogP contribution is 2.22. The van der Waals surface area contributed by atoms with E-state index in [2.05, 4.69) is 23.2 Å². The molecule has 0 saturated heterocycles. The second-order valence-corrected chi connectivity index (χ2v) is 5.08. The zero-order valence-corrected chi connectivity index (χ0v) is 12.0. The first kappa shape index (κ1) is 13.6. The normalized spacial score (nSPS) is 10.8. The molecule has 0 fully saturated rings. The summed E-state index contributed by atoms with van der Waals surface area (Å²) in [5.41, 5.74) is 9.95. The monoisotopic (exact) mass is 278 g/mol. The summed E-state index contributed by atoms with van der Waals surface area (Å²) in [6.07, 6.45) is 1.81. The lowest BCUT2D eigenvalue weighted by atomic mass is 10.1. The van der Waals surface area contributed by atoms with E-state index < -0.39 is 0 Å². The Hall–Kier alpha value is -2.39. The minimum Gasteiger partial charge on any atom is -0.489 e. The maximum absolute atomic E-state index is 5.98. The van der Waals surface area contributed by atoms with E-state index in [1.165, 1.54) is 0 Å². The standard InChI is InChI=1S/C18H18N2O/c1-13-7-8-14(11-19)10-17(13)21-12-16-5-2-4-15-6-3-9-20-18(15)16/h2-10H,11-12,19H2,1H3. The highest BCUT2D eigenvalue weighted by atomic mass is 16.5. The smallest absolute Gasteiger partial charge is 0.123 e. The first-order valence-electron chi connectivity index (χ1n) is 7.03. The van der Waals surface area contributed by atoms with E-state index in [0.717, 1.165) is 33.3 Å². The number of benzene rings is 2. The van der Waals surface area contributed by atoms with Crippen molar-refractivity contribution in [2.24, 2.45) is 5.73 Å². The van der Waals surface area contributed by atoms with Crippen molar-refractivity contribution in [3.05, 3.63) is 71.4 Å². The Morgan fingerprint density at radius 3 is 2.81 bits per heavy atom. The molecule has 3 heteroatoms. The molecule has 1 heterocycles. The van der Waals surface area contributed by atoms with Gasteiger partial charge in [-0.2, -0.15) is 0 Å². The maximum atomic E-state index is 5.98. The minimum absolute atomic E-state index is 0.503. The summed E-state index contributed by atoms with van der Waals surface area (Å²) >= 11 is 0. The quantitative estimate of drug-likeness (QED) is 0.793. The average molecular weight is 278 g/mol. The number of hydrogen-bond acceptors (Lipinski definition) is 3. The molecule has 106 valence electrons. The predicted octanol–water partition coefficient (Wildman–Crippen LogP) is 3.58. The topological polar surface area (TPSA) is 48.1 Å². The number of ether oxygens (including phenoxy) is 1. The molecular formula is C18H18N2O. The molecule has 2 aromatic carbocycles. The van der Waals surface area contributed by atoms with Crippen molar-refractivity contribution in [2.45, 2.75) is 20.1 Å². The second kappa shape index (κ2) is 5.94. The molecule has 0 unspecified atom stereocenters. The van der Waals surface area contributed by atoms with Crippen LogP contribution in [0.25, 0.3) is 10.9 Å². The Morgan fingerprint density at radius 1 is 1.10 bits per heavy atom. The van der Waals surface area contributed by atoms with Crippen LogP contribution in [0.15, 0.2) is 54.7 Å². The summed E-state index contributed by atoms with van der Waals surface area (Å²) < 4.78 is 5.98. The molecule has 21 heavy (non-hydrogen) atoms. The Balaban J connectivity index is 1.87. The Bertz CT molecular complexity index is 763. The third kappa shape index (κ3) is 2.88. The van der Waals surface area contributed by atoms with Crippen LogP contribution in [0.1, 0.15) is 16.7 Å². The fourth-order valence-electron chi connectivity index (χ4n) is 2.37. The van der Waals surface area contributed by atoms with Gasteiger partial charge in [-0.3, -0.25) is 4.98 Å². The number of para-hydroxylation sites is 1. The Kier molecular flexibility index (Phi) is 3.84. The number of nitrogens with two attached hydrogens (primary N) is 1. The van der Waals surface area contributed by atoms with Gasteiger partial charge in [0.05, 0.1) is 5.52 Å². The summed E-state index contributed by atoms with van der Waals surface area (Å²) in [5, 5.41) is 1.13. The molecule has 0 radical (unpaired) electrons. The van der Waals surface area contributed by atoms with E-state index in [-0.39, 0.29) is 0 Å². The third-order valence-electron chi connectivity index (χ3n) is 3.59. The fourth-order valence-corrected chi connectivity index (χ4v) is 2.37. The van der Waals surface area contributed by atoms with Crippen LogP contribution in [-0.4, -0.2) is 4.98 Å². The van der Waals surface area contributed by atoms with Crippen molar-refractivity contribution >= 4 is 10.9 Å². The summed E-state index contributed by atoms with van der Waals surface area (Å²) in [6.45, 7) is 3.06. The molecule has 0 spiro atoms. The first-order chi connectivity index (χ1) is 10.3. The van der Waals surface area contributed by atoms with Gasteiger partial charge in [-0.25, -0.2) is 0 Å². The van der Waals surface area contributed by atoms with Crippen LogP contribution >= 0.6 is 0 Å². The van der Waals surface area contributed by atoms with Gasteiger partial charge >= 0.3 is 0 Å². The zero-order valence-electron chi connectivity index (χ0n) is 12.0. The van der Waals surface area contributed by atoms with Crippen molar-refractivity contribution in [1.29, 1.82) is 0 Å². The van der Waals surface area contributed by atoms with Crippen LogP contribution < -0.4 is 10.5 Å². The van der Waals surface area contributed by atoms with Gasteiger partial charge in [-0.15, -0.1) is 0 Å². The molecular weight excluding hydrogens is 260 g/mol. The van der Waals surface area contributed by atoms with E-state index in [1.54, 1.807) is 0 Å². The minimum atomic E-state index is 0.503. The van der Waals surface area contributed by atoms with Gasteiger partial charge in [0.25, 0.3) is 0 Å². The van der Waals surface area contributed by atoms with Gasteiger partial charge in [0.1, 0.15) is 12.4 Å². The number of rotatable bonds is 4. The molecule has 3 aromatic rings. The maximum Gasteiger partial charge on any atom is 0.123 e. The van der Waals surface area contributed by atoms with Crippen LogP contribution in [0, 0.1) is 6.92 Å². The van der Waals surface area contributed by atoms with Crippen molar-refractivity contribution in [2.75, 3.05) is 0 Å². The zero-order chi connectivity index (χ0) is 14.7. The molecule has 0 aliphatic rings. The van der Waals surface area contributed by atoms with Gasteiger partial charge < -0.3 is 10.5 Å². The first-order valence-corrected chi connectivity index (χ1v) is 7.03. The Morgan fingerprint density at radius 2 is 1.95 bits per heavy atom. The molecule has 0 amide bonds. The van der Waals surface area contributed by atoms with Crippen molar-refractivity contribution in [3.63, 3.8) is 0 Å². The predicted molar refractivity (Wildman–Crippen MR) is 85.1 cm³/mol. The largest absolute Gasteiger partial charge is 0.489 e. The van der Waals surface area contributed by atoms with E-state index in [9.17, 15) is 0 Å². The number of fused-ring (bicyclic) bond motifs is 1. The molecule has 3 rings (SSSR count). The summed E-state index contributed by atoms with van der Waals surface area (Å²) in [6, 6.07) is 16.2. The van der Waals surface area contributed by atoms with E-state index in [1.807, 2.05) is 43.5 Å². The van der Waals surface area contributed by atoms with Gasteiger partial charge in [-0.1, -0.05) is 36.4 Å². The number of pyridine rings is 1. The highest BCUT2D eigenvalue weighted by molar-refractivity contribution is 5.81. The fraction of sp³-hybridized carbons (Fsp3) is 0.167. The van der Waals surface area contributed by atoms with Gasteiger partial charge in [0, 0.05) is 23.7 Å².